The van der Waals surface area contributed by atoms with E-state index in [4.69, 9.17) is 0 Å². The fourth-order valence-corrected chi connectivity index (χ4v) is 3.74. The summed E-state index contributed by atoms with van der Waals surface area (Å²) >= 11 is 1.61. The summed E-state index contributed by atoms with van der Waals surface area (Å²) < 4.78 is 14.0. The molecule has 0 aromatic heterocycles. The standard InChI is InChI=1S/C18H18FNOS/c1-13-16(20-9-5-8-18(20)21)10-15(19)11-17(13)22-12-14-6-3-2-4-7-14/h2-4,6-7,10-11H,5,8-9,12H2,1H3. The van der Waals surface area contributed by atoms with Crippen LogP contribution in [0.5, 0.6) is 0 Å². The van der Waals surface area contributed by atoms with Crippen LogP contribution in [0.4, 0.5) is 10.1 Å². The molecule has 1 fully saturated rings. The average Bonchev–Trinajstić information content (AvgIpc) is 2.95. The van der Waals surface area contributed by atoms with Crippen LogP contribution in [0.2, 0.25) is 0 Å². The number of amides is 1. The molecular weight excluding hydrogens is 297 g/mol. The summed E-state index contributed by atoms with van der Waals surface area (Å²) in [6, 6.07) is 13.2. The molecule has 0 unspecified atom stereocenters. The van der Waals surface area contributed by atoms with Crippen molar-refractivity contribution in [3.05, 3.63) is 59.4 Å². The van der Waals surface area contributed by atoms with Gasteiger partial charge in [0.1, 0.15) is 5.82 Å². The molecule has 0 radical (unpaired) electrons. The molecular formula is C18H18FNOS. The first kappa shape index (κ1) is 15.1. The Morgan fingerprint density at radius 2 is 2.00 bits per heavy atom. The molecule has 4 heteroatoms. The first-order chi connectivity index (χ1) is 10.6. The van der Waals surface area contributed by atoms with Crippen LogP contribution >= 0.6 is 11.8 Å². The number of benzene rings is 2. The van der Waals surface area contributed by atoms with Gasteiger partial charge in [0.05, 0.1) is 5.69 Å². The lowest BCUT2D eigenvalue weighted by Gasteiger charge is -2.20. The molecule has 114 valence electrons. The third-order valence-electron chi connectivity index (χ3n) is 3.90. The molecule has 1 saturated heterocycles. The Labute approximate surface area is 134 Å². The third-order valence-corrected chi connectivity index (χ3v) is 5.11. The summed E-state index contributed by atoms with van der Waals surface area (Å²) in [6.45, 7) is 2.65. The van der Waals surface area contributed by atoms with E-state index >= 15 is 0 Å². The summed E-state index contributed by atoms with van der Waals surface area (Å²) in [5.74, 6) is 0.599. The second kappa shape index (κ2) is 6.53. The molecule has 0 atom stereocenters. The molecule has 0 N–H and O–H groups in total. The van der Waals surface area contributed by atoms with E-state index in [1.165, 1.54) is 11.6 Å². The molecule has 0 aliphatic carbocycles. The monoisotopic (exact) mass is 315 g/mol. The molecule has 1 heterocycles. The Morgan fingerprint density at radius 1 is 1.23 bits per heavy atom. The van der Waals surface area contributed by atoms with Crippen LogP contribution in [0, 0.1) is 12.7 Å². The van der Waals surface area contributed by atoms with Gasteiger partial charge in [0, 0.05) is 23.6 Å². The van der Waals surface area contributed by atoms with Crippen molar-refractivity contribution in [2.45, 2.75) is 30.4 Å². The maximum atomic E-state index is 14.0. The number of carbonyl (C=O) groups is 1. The predicted octanol–water partition coefficient (Wildman–Crippen LogP) is 4.55. The largest absolute Gasteiger partial charge is 0.312 e. The second-order valence-corrected chi connectivity index (χ2v) is 6.49. The number of nitrogens with zero attached hydrogens (tertiary/aromatic N) is 1. The normalized spacial score (nSPS) is 14.6. The zero-order valence-corrected chi connectivity index (χ0v) is 13.3. The molecule has 1 amide bonds. The average molecular weight is 315 g/mol. The summed E-state index contributed by atoms with van der Waals surface area (Å²) in [6.07, 6.45) is 1.41. The topological polar surface area (TPSA) is 20.3 Å². The SMILES string of the molecule is Cc1c(SCc2ccccc2)cc(F)cc1N1CCCC1=O. The number of hydrogen-bond donors (Lipinski definition) is 0. The minimum Gasteiger partial charge on any atom is -0.312 e. The lowest BCUT2D eigenvalue weighted by molar-refractivity contribution is -0.117. The summed E-state index contributed by atoms with van der Waals surface area (Å²) in [5.41, 5.74) is 2.91. The van der Waals surface area contributed by atoms with Crippen LogP contribution < -0.4 is 4.90 Å². The molecule has 1 aliphatic heterocycles. The van der Waals surface area contributed by atoms with Crippen molar-refractivity contribution in [1.29, 1.82) is 0 Å². The summed E-state index contributed by atoms with van der Waals surface area (Å²) in [4.78, 5) is 14.5. The summed E-state index contributed by atoms with van der Waals surface area (Å²) in [5, 5.41) is 0. The molecule has 1 aliphatic rings. The fraction of sp³-hybridized carbons (Fsp3) is 0.278. The van der Waals surface area contributed by atoms with Crippen molar-refractivity contribution in [3.8, 4) is 0 Å². The molecule has 2 aromatic carbocycles. The van der Waals surface area contributed by atoms with Crippen molar-refractivity contribution in [2.75, 3.05) is 11.4 Å². The van der Waals surface area contributed by atoms with Gasteiger partial charge in [0.25, 0.3) is 0 Å². The minimum absolute atomic E-state index is 0.0905. The van der Waals surface area contributed by atoms with E-state index in [9.17, 15) is 9.18 Å². The Morgan fingerprint density at radius 3 is 2.68 bits per heavy atom. The van der Waals surface area contributed by atoms with E-state index in [0.29, 0.717) is 13.0 Å². The van der Waals surface area contributed by atoms with E-state index in [1.807, 2.05) is 25.1 Å². The van der Waals surface area contributed by atoms with E-state index in [1.54, 1.807) is 22.7 Å². The lowest BCUT2D eigenvalue weighted by atomic mass is 10.2. The number of rotatable bonds is 4. The highest BCUT2D eigenvalue weighted by Gasteiger charge is 2.24. The smallest absolute Gasteiger partial charge is 0.227 e. The van der Waals surface area contributed by atoms with Gasteiger partial charge in [-0.2, -0.15) is 0 Å². The lowest BCUT2D eigenvalue weighted by Crippen LogP contribution is -2.24. The molecule has 22 heavy (non-hydrogen) atoms. The fourth-order valence-electron chi connectivity index (χ4n) is 2.71. The van der Waals surface area contributed by atoms with Gasteiger partial charge in [0.15, 0.2) is 0 Å². The van der Waals surface area contributed by atoms with Gasteiger partial charge < -0.3 is 4.90 Å². The Hall–Kier alpha value is -1.81. The van der Waals surface area contributed by atoms with Gasteiger partial charge in [0.2, 0.25) is 5.91 Å². The van der Waals surface area contributed by atoms with Crippen molar-refractivity contribution in [3.63, 3.8) is 0 Å². The Balaban J connectivity index is 1.85. The second-order valence-electron chi connectivity index (χ2n) is 5.47. The van der Waals surface area contributed by atoms with Crippen molar-refractivity contribution >= 4 is 23.4 Å². The van der Waals surface area contributed by atoms with Crippen LogP contribution in [0.3, 0.4) is 0 Å². The maximum absolute atomic E-state index is 14.0. The first-order valence-corrected chi connectivity index (χ1v) is 8.41. The molecule has 3 rings (SSSR count). The third kappa shape index (κ3) is 3.17. The number of hydrogen-bond acceptors (Lipinski definition) is 2. The van der Waals surface area contributed by atoms with E-state index < -0.39 is 0 Å². The molecule has 0 saturated carbocycles. The van der Waals surface area contributed by atoms with Crippen LogP contribution in [0.25, 0.3) is 0 Å². The van der Waals surface area contributed by atoms with Gasteiger partial charge in [-0.1, -0.05) is 30.3 Å². The van der Waals surface area contributed by atoms with Gasteiger partial charge in [-0.15, -0.1) is 11.8 Å². The highest BCUT2D eigenvalue weighted by atomic mass is 32.2. The van der Waals surface area contributed by atoms with Crippen LogP contribution in [-0.4, -0.2) is 12.5 Å². The molecule has 2 nitrogen and oxygen atoms in total. The number of thioether (sulfide) groups is 1. The zero-order chi connectivity index (χ0) is 15.5. The molecule has 0 spiro atoms. The maximum Gasteiger partial charge on any atom is 0.227 e. The molecule has 2 aromatic rings. The highest BCUT2D eigenvalue weighted by Crippen LogP contribution is 2.34. The van der Waals surface area contributed by atoms with Gasteiger partial charge in [-0.25, -0.2) is 4.39 Å². The van der Waals surface area contributed by atoms with Crippen molar-refractivity contribution in [2.24, 2.45) is 0 Å². The highest BCUT2D eigenvalue weighted by molar-refractivity contribution is 7.98. The Kier molecular flexibility index (Phi) is 4.48. The van der Waals surface area contributed by atoms with Crippen molar-refractivity contribution < 1.29 is 9.18 Å². The van der Waals surface area contributed by atoms with Gasteiger partial charge in [-0.05, 0) is 36.6 Å². The first-order valence-electron chi connectivity index (χ1n) is 7.42. The van der Waals surface area contributed by atoms with Crippen molar-refractivity contribution in [1.82, 2.24) is 0 Å². The van der Waals surface area contributed by atoms with Crippen LogP contribution in [0.15, 0.2) is 47.4 Å². The summed E-state index contributed by atoms with van der Waals surface area (Å²) in [7, 11) is 0. The van der Waals surface area contributed by atoms with Crippen LogP contribution in [0.1, 0.15) is 24.0 Å². The zero-order valence-electron chi connectivity index (χ0n) is 12.5. The number of halogens is 1. The predicted molar refractivity (Wildman–Crippen MR) is 88.7 cm³/mol. The number of carbonyl (C=O) groups excluding carboxylic acids is 1. The van der Waals surface area contributed by atoms with Gasteiger partial charge in [-0.3, -0.25) is 4.79 Å². The van der Waals surface area contributed by atoms with Gasteiger partial charge >= 0.3 is 0 Å². The molecule has 0 bridgehead atoms. The van der Waals surface area contributed by atoms with E-state index in [2.05, 4.69) is 12.1 Å². The van der Waals surface area contributed by atoms with Crippen LogP contribution in [-0.2, 0) is 10.5 Å². The Bertz CT molecular complexity index is 687. The quantitative estimate of drug-likeness (QED) is 0.771. The van der Waals surface area contributed by atoms with E-state index in [-0.39, 0.29) is 11.7 Å². The minimum atomic E-state index is -0.282. The number of anilines is 1. The van der Waals surface area contributed by atoms with E-state index in [0.717, 1.165) is 28.3 Å².